The number of hydrogen-bond donors (Lipinski definition) is 1. The van der Waals surface area contributed by atoms with Crippen LogP contribution in [0.25, 0.3) is 5.65 Å². The first kappa shape index (κ1) is 15.7. The van der Waals surface area contributed by atoms with E-state index in [9.17, 15) is 4.79 Å². The maximum Gasteiger partial charge on any atom is 0.255 e. The minimum atomic E-state index is -0.173. The highest BCUT2D eigenvalue weighted by Crippen LogP contribution is 2.24. The van der Waals surface area contributed by atoms with Crippen LogP contribution in [0.3, 0.4) is 0 Å². The minimum absolute atomic E-state index is 0.0625. The van der Waals surface area contributed by atoms with E-state index in [-0.39, 0.29) is 11.3 Å². The molecule has 0 saturated heterocycles. The van der Waals surface area contributed by atoms with Crippen molar-refractivity contribution in [3.05, 3.63) is 58.5 Å². The quantitative estimate of drug-likeness (QED) is 0.738. The van der Waals surface area contributed by atoms with Gasteiger partial charge in [-0.1, -0.05) is 32.9 Å². The lowest BCUT2D eigenvalue weighted by atomic mass is 9.87. The monoisotopic (exact) mass is 372 g/mol. The summed E-state index contributed by atoms with van der Waals surface area (Å²) in [6, 6.07) is 9.47. The molecule has 0 radical (unpaired) electrons. The Morgan fingerprint density at radius 2 is 1.91 bits per heavy atom. The van der Waals surface area contributed by atoms with Crippen molar-refractivity contribution in [1.29, 1.82) is 0 Å². The summed E-state index contributed by atoms with van der Waals surface area (Å²) >= 11 is 3.42. The van der Waals surface area contributed by atoms with Crippen LogP contribution in [-0.4, -0.2) is 20.5 Å². The van der Waals surface area contributed by atoms with Gasteiger partial charge in [-0.3, -0.25) is 9.20 Å². The third-order valence-corrected chi connectivity index (χ3v) is 4.05. The van der Waals surface area contributed by atoms with Crippen LogP contribution in [0.2, 0.25) is 0 Å². The highest BCUT2D eigenvalue weighted by Gasteiger charge is 2.15. The molecule has 0 atom stereocenters. The summed E-state index contributed by atoms with van der Waals surface area (Å²) in [5.74, 6) is -0.173. The normalized spacial score (nSPS) is 11.7. The number of aromatic nitrogens is 3. The number of hydrogen-bond acceptors (Lipinski definition) is 3. The fourth-order valence-electron chi connectivity index (χ4n) is 2.31. The smallest absolute Gasteiger partial charge is 0.255 e. The number of amides is 1. The van der Waals surface area contributed by atoms with Crippen molar-refractivity contribution in [2.75, 3.05) is 5.32 Å². The first-order valence-corrected chi connectivity index (χ1v) is 8.05. The molecule has 0 unspecified atom stereocenters. The second-order valence-electron chi connectivity index (χ2n) is 6.42. The van der Waals surface area contributed by atoms with E-state index in [4.69, 9.17) is 0 Å². The molecule has 2 aromatic heterocycles. The summed E-state index contributed by atoms with van der Waals surface area (Å²) in [5.41, 5.74) is 3.08. The summed E-state index contributed by atoms with van der Waals surface area (Å²) in [7, 11) is 0. The lowest BCUT2D eigenvalue weighted by Gasteiger charge is -2.19. The summed E-state index contributed by atoms with van der Waals surface area (Å²) in [6.07, 6.45) is 3.43. The lowest BCUT2D eigenvalue weighted by molar-refractivity contribution is 0.102. The SMILES string of the molecule is CC(C)(C)c1ccc(C(=O)Nc2cc(Br)cn3cnnc23)cc1. The molecule has 3 aromatic rings. The van der Waals surface area contributed by atoms with Gasteiger partial charge in [0.15, 0.2) is 5.65 Å². The number of anilines is 1. The van der Waals surface area contributed by atoms with E-state index in [1.165, 1.54) is 5.56 Å². The molecule has 1 N–H and O–H groups in total. The van der Waals surface area contributed by atoms with Crippen molar-refractivity contribution in [2.45, 2.75) is 26.2 Å². The van der Waals surface area contributed by atoms with E-state index >= 15 is 0 Å². The zero-order valence-electron chi connectivity index (χ0n) is 13.2. The van der Waals surface area contributed by atoms with Crippen LogP contribution in [0.15, 0.2) is 47.3 Å². The zero-order valence-corrected chi connectivity index (χ0v) is 14.8. The van der Waals surface area contributed by atoms with Crippen molar-refractivity contribution in [2.24, 2.45) is 0 Å². The number of rotatable bonds is 2. The van der Waals surface area contributed by atoms with Crippen LogP contribution in [0, 0.1) is 0 Å². The fourth-order valence-corrected chi connectivity index (χ4v) is 2.76. The van der Waals surface area contributed by atoms with E-state index in [1.54, 1.807) is 10.7 Å². The average Bonchev–Trinajstić information content (AvgIpc) is 2.94. The second kappa shape index (κ2) is 5.77. The highest BCUT2D eigenvalue weighted by molar-refractivity contribution is 9.10. The largest absolute Gasteiger partial charge is 0.319 e. The Balaban J connectivity index is 1.87. The number of nitrogens with one attached hydrogen (secondary N) is 1. The molecule has 23 heavy (non-hydrogen) atoms. The fraction of sp³-hybridized carbons (Fsp3) is 0.235. The highest BCUT2D eigenvalue weighted by atomic mass is 79.9. The Morgan fingerprint density at radius 1 is 1.22 bits per heavy atom. The number of halogens is 1. The third kappa shape index (κ3) is 3.27. The third-order valence-electron chi connectivity index (χ3n) is 3.62. The molecule has 5 nitrogen and oxygen atoms in total. The van der Waals surface area contributed by atoms with E-state index < -0.39 is 0 Å². The first-order valence-electron chi connectivity index (χ1n) is 7.25. The number of nitrogens with zero attached hydrogens (tertiary/aromatic N) is 3. The Morgan fingerprint density at radius 3 is 2.57 bits per heavy atom. The molecular formula is C17H17BrN4O. The van der Waals surface area contributed by atoms with Crippen molar-refractivity contribution in [3.8, 4) is 0 Å². The van der Waals surface area contributed by atoms with Crippen LogP contribution in [-0.2, 0) is 5.41 Å². The lowest BCUT2D eigenvalue weighted by Crippen LogP contribution is -2.15. The van der Waals surface area contributed by atoms with Crippen LogP contribution >= 0.6 is 15.9 Å². The van der Waals surface area contributed by atoms with Crippen molar-refractivity contribution in [1.82, 2.24) is 14.6 Å². The molecule has 3 rings (SSSR count). The number of fused-ring (bicyclic) bond motifs is 1. The molecule has 0 aliphatic carbocycles. The summed E-state index contributed by atoms with van der Waals surface area (Å²) in [5, 5.41) is 10.8. The number of carbonyl (C=O) groups excluding carboxylic acids is 1. The van der Waals surface area contributed by atoms with Gasteiger partial charge in [0.25, 0.3) is 5.91 Å². The van der Waals surface area contributed by atoms with Gasteiger partial charge in [0.2, 0.25) is 0 Å². The van der Waals surface area contributed by atoms with E-state index in [0.717, 1.165) is 4.47 Å². The molecule has 0 spiro atoms. The Bertz CT molecular complexity index is 862. The van der Waals surface area contributed by atoms with Crippen LogP contribution in [0.4, 0.5) is 5.69 Å². The van der Waals surface area contributed by atoms with Crippen molar-refractivity contribution in [3.63, 3.8) is 0 Å². The number of benzene rings is 1. The summed E-state index contributed by atoms with van der Waals surface area (Å²) < 4.78 is 2.59. The second-order valence-corrected chi connectivity index (χ2v) is 7.33. The zero-order chi connectivity index (χ0) is 16.6. The van der Waals surface area contributed by atoms with Gasteiger partial charge in [-0.05, 0) is 45.1 Å². The van der Waals surface area contributed by atoms with Gasteiger partial charge in [0.05, 0.1) is 5.69 Å². The number of carbonyl (C=O) groups is 1. The molecule has 1 aromatic carbocycles. The van der Waals surface area contributed by atoms with Crippen LogP contribution in [0.5, 0.6) is 0 Å². The minimum Gasteiger partial charge on any atom is -0.319 e. The van der Waals surface area contributed by atoms with E-state index in [2.05, 4.69) is 52.2 Å². The molecule has 0 aliphatic heterocycles. The molecule has 2 heterocycles. The molecule has 0 fully saturated rings. The molecule has 6 heteroatoms. The molecule has 0 bridgehead atoms. The Labute approximate surface area is 142 Å². The molecule has 0 saturated carbocycles. The van der Waals surface area contributed by atoms with Crippen LogP contribution in [0.1, 0.15) is 36.7 Å². The topological polar surface area (TPSA) is 59.3 Å². The van der Waals surface area contributed by atoms with Gasteiger partial charge >= 0.3 is 0 Å². The van der Waals surface area contributed by atoms with Crippen molar-refractivity contribution >= 4 is 33.2 Å². The van der Waals surface area contributed by atoms with E-state index in [0.29, 0.717) is 16.9 Å². The van der Waals surface area contributed by atoms with Gasteiger partial charge < -0.3 is 5.32 Å². The molecule has 0 aliphatic rings. The predicted octanol–water partition coefficient (Wildman–Crippen LogP) is 4.04. The van der Waals surface area contributed by atoms with Gasteiger partial charge in [-0.2, -0.15) is 0 Å². The maximum atomic E-state index is 12.5. The average molecular weight is 373 g/mol. The van der Waals surface area contributed by atoms with Gasteiger partial charge in [-0.25, -0.2) is 0 Å². The summed E-state index contributed by atoms with van der Waals surface area (Å²) in [6.45, 7) is 6.43. The number of pyridine rings is 1. The van der Waals surface area contributed by atoms with E-state index in [1.807, 2.05) is 36.5 Å². The standard InChI is InChI=1S/C17H17BrN4O/c1-17(2,3)12-6-4-11(5-7-12)16(23)20-14-8-13(18)9-22-10-19-21-15(14)22/h4-10H,1-3H3,(H,20,23). The predicted molar refractivity (Wildman–Crippen MR) is 93.8 cm³/mol. The van der Waals surface area contributed by atoms with Crippen LogP contribution < -0.4 is 5.32 Å². The molecule has 118 valence electrons. The first-order chi connectivity index (χ1) is 10.8. The Hall–Kier alpha value is -2.21. The van der Waals surface area contributed by atoms with Crippen molar-refractivity contribution < 1.29 is 4.79 Å². The molecular weight excluding hydrogens is 356 g/mol. The van der Waals surface area contributed by atoms with Gasteiger partial charge in [0, 0.05) is 16.2 Å². The Kier molecular flexibility index (Phi) is 3.93. The van der Waals surface area contributed by atoms with Gasteiger partial charge in [-0.15, -0.1) is 10.2 Å². The summed E-state index contributed by atoms with van der Waals surface area (Å²) in [4.78, 5) is 12.5. The molecule has 1 amide bonds. The van der Waals surface area contributed by atoms with Gasteiger partial charge in [0.1, 0.15) is 6.33 Å². The maximum absolute atomic E-state index is 12.5.